The van der Waals surface area contributed by atoms with Gasteiger partial charge in [-0.15, -0.1) is 0 Å². The lowest BCUT2D eigenvalue weighted by Gasteiger charge is -1.96. The van der Waals surface area contributed by atoms with E-state index in [-0.39, 0.29) is 5.90 Å². The van der Waals surface area contributed by atoms with Crippen molar-refractivity contribution in [2.45, 2.75) is 0 Å². The zero-order valence-corrected chi connectivity index (χ0v) is 6.56. The minimum absolute atomic E-state index is 0.0793. The standard InChI is InChI=1S/C9H5NO3/c11-7-9(12)13-8(10-7)6-4-2-1-3-5-6/h1-5H. The zero-order valence-electron chi connectivity index (χ0n) is 6.56. The first-order valence-electron chi connectivity index (χ1n) is 3.67. The summed E-state index contributed by atoms with van der Waals surface area (Å²) < 4.78 is 4.62. The predicted molar refractivity (Wildman–Crippen MR) is 44.1 cm³/mol. The number of rotatable bonds is 1. The topological polar surface area (TPSA) is 55.7 Å². The smallest absolute Gasteiger partial charge is 0.399 e. The van der Waals surface area contributed by atoms with Gasteiger partial charge in [-0.05, 0) is 12.1 Å². The van der Waals surface area contributed by atoms with Gasteiger partial charge in [0.05, 0.1) is 0 Å². The fraction of sp³-hybridized carbons (Fsp3) is 0. The molecule has 64 valence electrons. The van der Waals surface area contributed by atoms with Gasteiger partial charge < -0.3 is 4.74 Å². The Bertz CT molecular complexity index is 395. The van der Waals surface area contributed by atoms with Crippen LogP contribution in [0.5, 0.6) is 0 Å². The molecule has 1 aromatic carbocycles. The van der Waals surface area contributed by atoms with Crippen molar-refractivity contribution in [1.82, 2.24) is 0 Å². The molecule has 4 nitrogen and oxygen atoms in total. The van der Waals surface area contributed by atoms with Crippen LogP contribution in [0.3, 0.4) is 0 Å². The Hall–Kier alpha value is -1.97. The highest BCUT2D eigenvalue weighted by molar-refractivity contribution is 6.41. The SMILES string of the molecule is O=C1N=C(c2ccccc2)OC1=O. The average Bonchev–Trinajstić information content (AvgIpc) is 2.49. The largest absolute Gasteiger partial charge is 0.406 e. The Morgan fingerprint density at radius 1 is 1.08 bits per heavy atom. The first-order valence-corrected chi connectivity index (χ1v) is 3.67. The summed E-state index contributed by atoms with van der Waals surface area (Å²) in [5.74, 6) is -1.69. The second kappa shape index (κ2) is 2.82. The van der Waals surface area contributed by atoms with Crippen molar-refractivity contribution >= 4 is 17.8 Å². The monoisotopic (exact) mass is 175 g/mol. The Morgan fingerprint density at radius 3 is 2.31 bits per heavy atom. The minimum atomic E-state index is -0.918. The number of carbonyl (C=O) groups is 2. The lowest BCUT2D eigenvalue weighted by molar-refractivity contribution is -0.145. The van der Waals surface area contributed by atoms with Crippen molar-refractivity contribution in [3.05, 3.63) is 35.9 Å². The van der Waals surface area contributed by atoms with Gasteiger partial charge in [-0.25, -0.2) is 4.79 Å². The van der Waals surface area contributed by atoms with E-state index < -0.39 is 11.9 Å². The number of hydrogen-bond donors (Lipinski definition) is 0. The number of cyclic esters (lactones) is 1. The van der Waals surface area contributed by atoms with Crippen LogP contribution in [0.2, 0.25) is 0 Å². The molecule has 0 saturated carbocycles. The third-order valence-corrected chi connectivity index (χ3v) is 1.59. The number of ether oxygens (including phenoxy) is 1. The van der Waals surface area contributed by atoms with Crippen LogP contribution in [-0.2, 0) is 14.3 Å². The Balaban J connectivity index is 2.35. The Kier molecular flexibility index (Phi) is 1.66. The van der Waals surface area contributed by atoms with Crippen LogP contribution in [0.1, 0.15) is 5.56 Å². The van der Waals surface area contributed by atoms with Crippen LogP contribution in [0, 0.1) is 0 Å². The molecule has 0 atom stereocenters. The van der Waals surface area contributed by atoms with Gasteiger partial charge in [0, 0.05) is 5.56 Å². The highest BCUT2D eigenvalue weighted by Crippen LogP contribution is 2.08. The van der Waals surface area contributed by atoms with E-state index in [0.717, 1.165) is 0 Å². The summed E-state index contributed by atoms with van der Waals surface area (Å²) in [5.41, 5.74) is 0.627. The Morgan fingerprint density at radius 2 is 1.77 bits per heavy atom. The highest BCUT2D eigenvalue weighted by atomic mass is 16.6. The molecule has 0 aliphatic carbocycles. The number of hydrogen-bond acceptors (Lipinski definition) is 3. The van der Waals surface area contributed by atoms with E-state index in [1.807, 2.05) is 6.07 Å². The van der Waals surface area contributed by atoms with Crippen LogP contribution < -0.4 is 0 Å². The number of benzene rings is 1. The number of amides is 1. The van der Waals surface area contributed by atoms with E-state index in [1.54, 1.807) is 24.3 Å². The van der Waals surface area contributed by atoms with Crippen molar-refractivity contribution in [3.8, 4) is 0 Å². The molecule has 13 heavy (non-hydrogen) atoms. The van der Waals surface area contributed by atoms with Gasteiger partial charge in [0.25, 0.3) is 0 Å². The van der Waals surface area contributed by atoms with E-state index in [4.69, 9.17) is 0 Å². The molecule has 0 radical (unpaired) electrons. The summed E-state index contributed by atoms with van der Waals surface area (Å²) in [6.45, 7) is 0. The summed E-state index contributed by atoms with van der Waals surface area (Å²) in [4.78, 5) is 24.8. The van der Waals surface area contributed by atoms with Gasteiger partial charge in [-0.1, -0.05) is 18.2 Å². The third kappa shape index (κ3) is 1.33. The molecule has 1 heterocycles. The van der Waals surface area contributed by atoms with Gasteiger partial charge in [0.1, 0.15) is 0 Å². The fourth-order valence-electron chi connectivity index (χ4n) is 0.996. The molecule has 0 spiro atoms. The molecule has 1 aliphatic heterocycles. The molecule has 0 aromatic heterocycles. The summed E-state index contributed by atoms with van der Waals surface area (Å²) in [7, 11) is 0. The fourth-order valence-corrected chi connectivity index (χ4v) is 0.996. The van der Waals surface area contributed by atoms with Crippen molar-refractivity contribution in [2.24, 2.45) is 4.99 Å². The normalized spacial score (nSPS) is 15.5. The molecule has 0 N–H and O–H groups in total. The van der Waals surface area contributed by atoms with Crippen LogP contribution >= 0.6 is 0 Å². The average molecular weight is 175 g/mol. The molecular weight excluding hydrogens is 170 g/mol. The quantitative estimate of drug-likeness (QED) is 0.461. The third-order valence-electron chi connectivity index (χ3n) is 1.59. The van der Waals surface area contributed by atoms with Crippen molar-refractivity contribution < 1.29 is 14.3 Å². The second-order valence-corrected chi connectivity index (χ2v) is 2.48. The van der Waals surface area contributed by atoms with E-state index in [2.05, 4.69) is 9.73 Å². The first kappa shape index (κ1) is 7.67. The molecule has 0 fully saturated rings. The van der Waals surface area contributed by atoms with Gasteiger partial charge >= 0.3 is 11.9 Å². The molecule has 1 amide bonds. The van der Waals surface area contributed by atoms with Crippen molar-refractivity contribution in [3.63, 3.8) is 0 Å². The van der Waals surface area contributed by atoms with Gasteiger partial charge in [0.15, 0.2) is 0 Å². The van der Waals surface area contributed by atoms with E-state index in [9.17, 15) is 9.59 Å². The van der Waals surface area contributed by atoms with E-state index >= 15 is 0 Å². The number of aliphatic imine (C=N–C) groups is 1. The summed E-state index contributed by atoms with van der Waals surface area (Å²) in [6, 6.07) is 8.79. The lowest BCUT2D eigenvalue weighted by Crippen LogP contribution is -2.08. The van der Waals surface area contributed by atoms with Gasteiger partial charge in [-0.2, -0.15) is 4.99 Å². The molecule has 0 bridgehead atoms. The Labute approximate surface area is 73.9 Å². The molecule has 2 rings (SSSR count). The van der Waals surface area contributed by atoms with Crippen LogP contribution in [0.4, 0.5) is 0 Å². The summed E-state index contributed by atoms with van der Waals surface area (Å²) in [5, 5.41) is 0. The lowest BCUT2D eigenvalue weighted by atomic mass is 10.2. The van der Waals surface area contributed by atoms with E-state index in [1.165, 1.54) is 0 Å². The second-order valence-electron chi connectivity index (χ2n) is 2.48. The maximum Gasteiger partial charge on any atom is 0.406 e. The minimum Gasteiger partial charge on any atom is -0.399 e. The van der Waals surface area contributed by atoms with Crippen LogP contribution in [-0.4, -0.2) is 17.8 Å². The van der Waals surface area contributed by atoms with E-state index in [0.29, 0.717) is 5.56 Å². The van der Waals surface area contributed by atoms with Gasteiger partial charge in [-0.3, -0.25) is 4.79 Å². The molecular formula is C9H5NO3. The molecule has 4 heteroatoms. The van der Waals surface area contributed by atoms with Crippen molar-refractivity contribution in [1.29, 1.82) is 0 Å². The van der Waals surface area contributed by atoms with Gasteiger partial charge in [0.2, 0.25) is 5.90 Å². The number of nitrogens with zero attached hydrogens (tertiary/aromatic N) is 1. The molecule has 1 aromatic rings. The number of esters is 1. The number of carbonyl (C=O) groups excluding carboxylic acids is 2. The predicted octanol–water partition coefficient (Wildman–Crippen LogP) is 0.517. The zero-order chi connectivity index (χ0) is 9.26. The maximum absolute atomic E-state index is 10.7. The van der Waals surface area contributed by atoms with Crippen LogP contribution in [0.25, 0.3) is 0 Å². The van der Waals surface area contributed by atoms with Crippen molar-refractivity contribution in [2.75, 3.05) is 0 Å². The first-order chi connectivity index (χ1) is 6.27. The molecule has 1 aliphatic rings. The highest BCUT2D eigenvalue weighted by Gasteiger charge is 2.26. The maximum atomic E-state index is 10.7. The molecule has 0 unspecified atom stereocenters. The molecule has 0 saturated heterocycles. The summed E-state index contributed by atoms with van der Waals surface area (Å²) >= 11 is 0. The summed E-state index contributed by atoms with van der Waals surface area (Å²) in [6.07, 6.45) is 0. The van der Waals surface area contributed by atoms with Crippen LogP contribution in [0.15, 0.2) is 35.3 Å².